The van der Waals surface area contributed by atoms with Gasteiger partial charge in [-0.15, -0.1) is 0 Å². The molecule has 0 spiro atoms. The van der Waals surface area contributed by atoms with Crippen LogP contribution < -0.4 is 9.80 Å². The topological polar surface area (TPSA) is 6.48 Å². The summed E-state index contributed by atoms with van der Waals surface area (Å²) in [6.07, 6.45) is 0. The van der Waals surface area contributed by atoms with Crippen molar-refractivity contribution >= 4 is 34.1 Å². The Morgan fingerprint density at radius 3 is 0.694 bits per heavy atom. The first-order chi connectivity index (χ1) is 29.8. The summed E-state index contributed by atoms with van der Waals surface area (Å²) in [5.41, 5.74) is 25.7. The number of nitrogens with zero attached hydrogens (tertiary/aromatic N) is 2. The lowest BCUT2D eigenvalue weighted by molar-refractivity contribution is 0.597. The van der Waals surface area contributed by atoms with Gasteiger partial charge in [-0.1, -0.05) is 177 Å². The molecule has 0 saturated carbocycles. The first-order valence-electron chi connectivity index (χ1n) is 22.4. The summed E-state index contributed by atoms with van der Waals surface area (Å²) in [5, 5.41) is 0. The molecule has 4 aliphatic heterocycles. The molecule has 0 bridgehead atoms. The van der Waals surface area contributed by atoms with E-state index in [1.807, 2.05) is 0 Å². The minimum Gasteiger partial charge on any atom is -0.309 e. The summed E-state index contributed by atoms with van der Waals surface area (Å²) >= 11 is 0. The van der Waals surface area contributed by atoms with Gasteiger partial charge in [0.1, 0.15) is 0 Å². The molecule has 8 aromatic rings. The predicted octanol–water partition coefficient (Wildman–Crippen LogP) is 16.2. The molecule has 0 fully saturated rings. The highest BCUT2D eigenvalue weighted by Gasteiger charge is 2.47. The fraction of sp³-hybridized carbons (Fsp3) is 0.200. The van der Waals surface area contributed by atoms with Gasteiger partial charge in [0.25, 0.3) is 0 Å². The average molecular weight is 801 g/mol. The van der Waals surface area contributed by atoms with E-state index >= 15 is 0 Å². The quantitative estimate of drug-likeness (QED) is 0.176. The molecule has 12 rings (SSSR count). The summed E-state index contributed by atoms with van der Waals surface area (Å²) < 4.78 is 0. The Morgan fingerprint density at radius 1 is 0.242 bits per heavy atom. The molecular weight excluding hydrogens is 749 g/mol. The molecule has 4 aliphatic rings. The minimum absolute atomic E-state index is 0.160. The van der Waals surface area contributed by atoms with Crippen LogP contribution in [0.2, 0.25) is 0 Å². The zero-order valence-electron chi connectivity index (χ0n) is 37.1. The van der Waals surface area contributed by atoms with Crippen LogP contribution in [0.4, 0.5) is 34.1 Å². The van der Waals surface area contributed by atoms with Crippen LogP contribution in [0.1, 0.15) is 99.9 Å². The maximum atomic E-state index is 2.54. The van der Waals surface area contributed by atoms with Gasteiger partial charge in [0.2, 0.25) is 0 Å². The zero-order valence-corrected chi connectivity index (χ0v) is 37.1. The first kappa shape index (κ1) is 37.1. The van der Waals surface area contributed by atoms with Crippen molar-refractivity contribution in [2.45, 2.75) is 77.0 Å². The van der Waals surface area contributed by atoms with Crippen LogP contribution in [0.3, 0.4) is 0 Å². The molecule has 8 aromatic carbocycles. The molecule has 0 N–H and O–H groups in total. The molecule has 0 atom stereocenters. The van der Waals surface area contributed by atoms with Crippen LogP contribution in [0.15, 0.2) is 170 Å². The smallest absolute Gasteiger partial charge is 0.0544 e. The average Bonchev–Trinajstić information content (AvgIpc) is 3.29. The Labute approximate surface area is 367 Å². The first-order valence-corrected chi connectivity index (χ1v) is 22.4. The molecule has 0 saturated heterocycles. The van der Waals surface area contributed by atoms with Crippen LogP contribution in [0.5, 0.6) is 0 Å². The van der Waals surface area contributed by atoms with E-state index in [9.17, 15) is 0 Å². The van der Waals surface area contributed by atoms with Crippen molar-refractivity contribution < 1.29 is 0 Å². The summed E-state index contributed by atoms with van der Waals surface area (Å²) in [6.45, 7) is 19.2. The van der Waals surface area contributed by atoms with Crippen molar-refractivity contribution in [3.05, 3.63) is 214 Å². The maximum Gasteiger partial charge on any atom is 0.0544 e. The number of anilines is 6. The Morgan fingerprint density at radius 2 is 0.452 bits per heavy atom. The fourth-order valence-electron chi connectivity index (χ4n) is 11.8. The van der Waals surface area contributed by atoms with Crippen molar-refractivity contribution in [3.8, 4) is 33.4 Å². The van der Waals surface area contributed by atoms with Gasteiger partial charge in [-0.2, -0.15) is 0 Å². The fourth-order valence-corrected chi connectivity index (χ4v) is 11.8. The van der Waals surface area contributed by atoms with Crippen molar-refractivity contribution in [3.63, 3.8) is 0 Å². The SMILES string of the molecule is CC1(C)c2ccccc2N2c3ccccc3C(C)(C)c3cc(-c4ccc(-c5ccc(-c6cc7c8c(c6)C(C)(C)c6ccccc6N8c6ccccc6C7(C)C)cc5)cc4)cc1c32. The normalized spacial score (nSPS) is 17.2. The van der Waals surface area contributed by atoms with Gasteiger partial charge in [0, 0.05) is 21.7 Å². The lowest BCUT2D eigenvalue weighted by Crippen LogP contribution is -2.38. The number of rotatable bonds is 3. The van der Waals surface area contributed by atoms with E-state index in [0.29, 0.717) is 0 Å². The zero-order chi connectivity index (χ0) is 42.5. The van der Waals surface area contributed by atoms with Crippen LogP contribution in [0, 0.1) is 0 Å². The molecule has 0 aromatic heterocycles. The van der Waals surface area contributed by atoms with Crippen molar-refractivity contribution in [2.24, 2.45) is 0 Å². The Hall–Kier alpha value is -6.64. The van der Waals surface area contributed by atoms with Crippen molar-refractivity contribution in [1.29, 1.82) is 0 Å². The second-order valence-electron chi connectivity index (χ2n) is 20.2. The van der Waals surface area contributed by atoms with Crippen LogP contribution in [-0.4, -0.2) is 0 Å². The third kappa shape index (κ3) is 4.87. The molecule has 0 unspecified atom stereocenters. The molecule has 0 radical (unpaired) electrons. The Balaban J connectivity index is 0.922. The van der Waals surface area contributed by atoms with Gasteiger partial charge in [-0.05, 0) is 126 Å². The van der Waals surface area contributed by atoms with Gasteiger partial charge >= 0.3 is 0 Å². The van der Waals surface area contributed by atoms with Crippen LogP contribution in [-0.2, 0) is 21.7 Å². The third-order valence-electron chi connectivity index (χ3n) is 15.4. The van der Waals surface area contributed by atoms with E-state index in [1.165, 1.54) is 112 Å². The molecule has 62 heavy (non-hydrogen) atoms. The van der Waals surface area contributed by atoms with E-state index in [-0.39, 0.29) is 21.7 Å². The summed E-state index contributed by atoms with van der Waals surface area (Å²) in [6, 6.07) is 64.4. The maximum absolute atomic E-state index is 2.54. The van der Waals surface area contributed by atoms with Crippen LogP contribution in [0.25, 0.3) is 33.4 Å². The highest BCUT2D eigenvalue weighted by Crippen LogP contribution is 2.62. The minimum atomic E-state index is -0.160. The van der Waals surface area contributed by atoms with Crippen molar-refractivity contribution in [1.82, 2.24) is 0 Å². The molecule has 2 nitrogen and oxygen atoms in total. The summed E-state index contributed by atoms with van der Waals surface area (Å²) in [7, 11) is 0. The highest BCUT2D eigenvalue weighted by molar-refractivity contribution is 5.96. The number of para-hydroxylation sites is 4. The van der Waals surface area contributed by atoms with E-state index in [0.717, 1.165) is 0 Å². The Kier molecular flexibility index (Phi) is 7.48. The lowest BCUT2D eigenvalue weighted by atomic mass is 9.65. The van der Waals surface area contributed by atoms with E-state index < -0.39 is 0 Å². The van der Waals surface area contributed by atoms with Gasteiger partial charge in [-0.25, -0.2) is 0 Å². The second-order valence-corrected chi connectivity index (χ2v) is 20.2. The van der Waals surface area contributed by atoms with Gasteiger partial charge in [-0.3, -0.25) is 0 Å². The van der Waals surface area contributed by atoms with Gasteiger partial charge < -0.3 is 9.80 Å². The van der Waals surface area contributed by atoms with Gasteiger partial charge in [0.15, 0.2) is 0 Å². The predicted molar refractivity (Wildman–Crippen MR) is 261 cm³/mol. The van der Waals surface area contributed by atoms with E-state index in [2.05, 4.69) is 235 Å². The molecule has 0 amide bonds. The molecular formula is C60H52N2. The summed E-state index contributed by atoms with van der Waals surface area (Å²) in [5.74, 6) is 0. The Bertz CT molecular complexity index is 2800. The lowest BCUT2D eigenvalue weighted by Gasteiger charge is -2.49. The van der Waals surface area contributed by atoms with Crippen molar-refractivity contribution in [2.75, 3.05) is 9.80 Å². The standard InChI is InChI=1S/C60H52N2/c1-57(2)43-17-9-13-21-51(43)61-52-22-14-10-18-44(52)58(3,4)48-34-41(33-47(57)55(48)61)39-29-25-37(26-30-39)38-27-31-40(32-28-38)42-35-49-56-50(36-42)60(7,8)46-20-12-16-24-54(46)62(56)53-23-15-11-19-45(53)59(49,5)6/h9-36H,1-8H3. The molecule has 2 heteroatoms. The largest absolute Gasteiger partial charge is 0.309 e. The highest BCUT2D eigenvalue weighted by atomic mass is 15.2. The number of benzene rings is 8. The number of hydrogen-bond donors (Lipinski definition) is 0. The van der Waals surface area contributed by atoms with E-state index in [1.54, 1.807) is 0 Å². The third-order valence-corrected chi connectivity index (χ3v) is 15.4. The molecule has 0 aliphatic carbocycles. The second kappa shape index (κ2) is 12.5. The van der Waals surface area contributed by atoms with E-state index in [4.69, 9.17) is 0 Å². The number of fused-ring (bicyclic) bond motifs is 8. The van der Waals surface area contributed by atoms with Crippen LogP contribution >= 0.6 is 0 Å². The monoisotopic (exact) mass is 800 g/mol. The molecule has 4 heterocycles. The molecule has 302 valence electrons. The number of hydrogen-bond acceptors (Lipinski definition) is 2. The summed E-state index contributed by atoms with van der Waals surface area (Å²) in [4.78, 5) is 5.08. The van der Waals surface area contributed by atoms with Gasteiger partial charge in [0.05, 0.1) is 34.1 Å².